The van der Waals surface area contributed by atoms with E-state index in [0.717, 1.165) is 12.4 Å². The number of nitrogens with two attached hydrogens (primary N) is 1. The second-order valence-corrected chi connectivity index (χ2v) is 4.95. The lowest BCUT2D eigenvalue weighted by Crippen LogP contribution is -2.43. The predicted octanol–water partition coefficient (Wildman–Crippen LogP) is 1.58. The number of nitrogens with zero attached hydrogens (tertiary/aromatic N) is 3. The third kappa shape index (κ3) is 3.10. The Bertz CT molecular complexity index is 379. The summed E-state index contributed by atoms with van der Waals surface area (Å²) in [5.74, 6) is 1.46. The summed E-state index contributed by atoms with van der Waals surface area (Å²) in [6.45, 7) is 5.42. The average molecular weight is 250 g/mol. The first kappa shape index (κ1) is 13.1. The Labute approximate surface area is 108 Å². The van der Waals surface area contributed by atoms with Crippen LogP contribution in [0, 0.1) is 0 Å². The van der Waals surface area contributed by atoms with Gasteiger partial charge in [0.15, 0.2) is 5.82 Å². The van der Waals surface area contributed by atoms with Crippen LogP contribution < -0.4 is 15.4 Å². The fourth-order valence-corrected chi connectivity index (χ4v) is 2.10. The van der Waals surface area contributed by atoms with Gasteiger partial charge in [0.1, 0.15) is 0 Å². The van der Waals surface area contributed by atoms with E-state index in [4.69, 9.17) is 10.5 Å². The minimum absolute atomic E-state index is 0.112. The number of hydrogen-bond acceptors (Lipinski definition) is 5. The first-order valence-corrected chi connectivity index (χ1v) is 6.66. The van der Waals surface area contributed by atoms with Gasteiger partial charge in [0.25, 0.3) is 0 Å². The monoisotopic (exact) mass is 250 g/mol. The molecule has 1 saturated carbocycles. The van der Waals surface area contributed by atoms with Crippen LogP contribution in [-0.2, 0) is 0 Å². The van der Waals surface area contributed by atoms with Crippen LogP contribution in [0.4, 0.5) is 5.82 Å². The van der Waals surface area contributed by atoms with Gasteiger partial charge < -0.3 is 15.4 Å². The van der Waals surface area contributed by atoms with Gasteiger partial charge in [0.2, 0.25) is 5.88 Å². The van der Waals surface area contributed by atoms with Gasteiger partial charge in [-0.1, -0.05) is 0 Å². The normalized spacial score (nSPS) is 15.6. The molecular formula is C13H22N4O. The minimum Gasteiger partial charge on any atom is -0.474 e. The summed E-state index contributed by atoms with van der Waals surface area (Å²) in [7, 11) is 0. The second kappa shape index (κ2) is 6.00. The summed E-state index contributed by atoms with van der Waals surface area (Å²) in [5, 5.41) is 0. The zero-order valence-corrected chi connectivity index (χ0v) is 11.2. The van der Waals surface area contributed by atoms with Crippen molar-refractivity contribution >= 4 is 5.82 Å². The van der Waals surface area contributed by atoms with Gasteiger partial charge in [0.05, 0.1) is 18.5 Å². The molecule has 0 saturated heterocycles. The Morgan fingerprint density at radius 2 is 2.22 bits per heavy atom. The number of anilines is 1. The van der Waals surface area contributed by atoms with Crippen molar-refractivity contribution in [2.24, 2.45) is 5.73 Å². The zero-order chi connectivity index (χ0) is 13.0. The second-order valence-electron chi connectivity index (χ2n) is 4.95. The van der Waals surface area contributed by atoms with Crippen molar-refractivity contribution in [3.63, 3.8) is 0 Å². The van der Waals surface area contributed by atoms with Gasteiger partial charge in [-0.25, -0.2) is 0 Å². The SMILES string of the molecule is CC(C)Oc1cncc(N(CCN)C2CCC2)n1. The third-order valence-corrected chi connectivity index (χ3v) is 3.14. The Morgan fingerprint density at radius 1 is 1.44 bits per heavy atom. The molecule has 0 spiro atoms. The molecule has 1 fully saturated rings. The Hall–Kier alpha value is -1.36. The van der Waals surface area contributed by atoms with Crippen LogP contribution in [0.1, 0.15) is 33.1 Å². The van der Waals surface area contributed by atoms with E-state index < -0.39 is 0 Å². The molecule has 2 rings (SSSR count). The molecule has 0 radical (unpaired) electrons. The molecular weight excluding hydrogens is 228 g/mol. The molecule has 1 aliphatic rings. The Morgan fingerprint density at radius 3 is 2.78 bits per heavy atom. The molecule has 0 unspecified atom stereocenters. The lowest BCUT2D eigenvalue weighted by molar-refractivity contribution is 0.231. The van der Waals surface area contributed by atoms with E-state index in [1.54, 1.807) is 12.4 Å². The molecule has 1 heterocycles. The molecule has 1 aromatic rings. The van der Waals surface area contributed by atoms with Gasteiger partial charge in [-0.2, -0.15) is 4.98 Å². The van der Waals surface area contributed by atoms with Crippen molar-refractivity contribution in [2.45, 2.75) is 45.3 Å². The highest BCUT2D eigenvalue weighted by Gasteiger charge is 2.25. The average Bonchev–Trinajstić information content (AvgIpc) is 2.25. The van der Waals surface area contributed by atoms with Gasteiger partial charge in [-0.3, -0.25) is 4.98 Å². The highest BCUT2D eigenvalue weighted by atomic mass is 16.5. The maximum absolute atomic E-state index is 5.68. The molecule has 1 aromatic heterocycles. The smallest absolute Gasteiger partial charge is 0.234 e. The number of aromatic nitrogens is 2. The molecule has 5 heteroatoms. The van der Waals surface area contributed by atoms with Crippen molar-refractivity contribution in [3.8, 4) is 5.88 Å². The zero-order valence-electron chi connectivity index (χ0n) is 11.2. The molecule has 100 valence electrons. The third-order valence-electron chi connectivity index (χ3n) is 3.14. The molecule has 0 atom stereocenters. The van der Waals surface area contributed by atoms with Crippen LogP contribution in [0.2, 0.25) is 0 Å². The van der Waals surface area contributed by atoms with E-state index in [-0.39, 0.29) is 6.10 Å². The van der Waals surface area contributed by atoms with Crippen LogP contribution in [0.15, 0.2) is 12.4 Å². The number of rotatable bonds is 6. The van der Waals surface area contributed by atoms with Crippen LogP contribution in [0.3, 0.4) is 0 Å². The van der Waals surface area contributed by atoms with Gasteiger partial charge in [0, 0.05) is 19.1 Å². The molecule has 0 aliphatic heterocycles. The Balaban J connectivity index is 2.13. The fourth-order valence-electron chi connectivity index (χ4n) is 2.10. The van der Waals surface area contributed by atoms with Crippen molar-refractivity contribution in [3.05, 3.63) is 12.4 Å². The van der Waals surface area contributed by atoms with E-state index in [2.05, 4.69) is 14.9 Å². The highest BCUT2D eigenvalue weighted by molar-refractivity contribution is 5.39. The minimum atomic E-state index is 0.112. The molecule has 2 N–H and O–H groups in total. The number of hydrogen-bond donors (Lipinski definition) is 1. The van der Waals surface area contributed by atoms with E-state index in [1.165, 1.54) is 19.3 Å². The summed E-state index contributed by atoms with van der Waals surface area (Å²) >= 11 is 0. The molecule has 1 aliphatic carbocycles. The fraction of sp³-hybridized carbons (Fsp3) is 0.692. The first-order valence-electron chi connectivity index (χ1n) is 6.66. The van der Waals surface area contributed by atoms with Gasteiger partial charge >= 0.3 is 0 Å². The highest BCUT2D eigenvalue weighted by Crippen LogP contribution is 2.28. The summed E-state index contributed by atoms with van der Waals surface area (Å²) in [6, 6.07) is 0.567. The maximum Gasteiger partial charge on any atom is 0.234 e. The largest absolute Gasteiger partial charge is 0.474 e. The Kier molecular flexibility index (Phi) is 4.36. The standard InChI is InChI=1S/C13H22N4O/c1-10(2)18-13-9-15-8-12(16-13)17(7-6-14)11-4-3-5-11/h8-11H,3-7,14H2,1-2H3. The van der Waals surface area contributed by atoms with Crippen molar-refractivity contribution in [1.29, 1.82) is 0 Å². The summed E-state index contributed by atoms with van der Waals surface area (Å²) in [6.07, 6.45) is 7.29. The molecule has 0 bridgehead atoms. The first-order chi connectivity index (χ1) is 8.70. The van der Waals surface area contributed by atoms with Gasteiger partial charge in [-0.15, -0.1) is 0 Å². The molecule has 0 amide bonds. The summed E-state index contributed by atoms with van der Waals surface area (Å²) in [4.78, 5) is 11.0. The van der Waals surface area contributed by atoms with Crippen LogP contribution in [-0.4, -0.2) is 35.2 Å². The molecule has 0 aromatic carbocycles. The molecule has 5 nitrogen and oxygen atoms in total. The lowest BCUT2D eigenvalue weighted by atomic mass is 9.91. The summed E-state index contributed by atoms with van der Waals surface area (Å²) < 4.78 is 5.58. The van der Waals surface area contributed by atoms with Crippen LogP contribution >= 0.6 is 0 Å². The van der Waals surface area contributed by atoms with Crippen molar-refractivity contribution in [1.82, 2.24) is 9.97 Å². The maximum atomic E-state index is 5.68. The number of ether oxygens (including phenoxy) is 1. The quantitative estimate of drug-likeness (QED) is 0.830. The lowest BCUT2D eigenvalue weighted by Gasteiger charge is -2.38. The van der Waals surface area contributed by atoms with Crippen LogP contribution in [0.5, 0.6) is 5.88 Å². The van der Waals surface area contributed by atoms with E-state index in [0.29, 0.717) is 18.5 Å². The van der Waals surface area contributed by atoms with E-state index in [9.17, 15) is 0 Å². The van der Waals surface area contributed by atoms with Crippen molar-refractivity contribution < 1.29 is 4.74 Å². The topological polar surface area (TPSA) is 64.3 Å². The predicted molar refractivity (Wildman–Crippen MR) is 71.8 cm³/mol. The summed E-state index contributed by atoms with van der Waals surface area (Å²) in [5.41, 5.74) is 5.68. The van der Waals surface area contributed by atoms with Crippen molar-refractivity contribution in [2.75, 3.05) is 18.0 Å². The molecule has 18 heavy (non-hydrogen) atoms. The van der Waals surface area contributed by atoms with E-state index >= 15 is 0 Å². The van der Waals surface area contributed by atoms with E-state index in [1.807, 2.05) is 13.8 Å². The van der Waals surface area contributed by atoms with Gasteiger partial charge in [-0.05, 0) is 33.1 Å². The van der Waals surface area contributed by atoms with Crippen LogP contribution in [0.25, 0.3) is 0 Å².